The fraction of sp³-hybridized carbons (Fsp3) is 0.200. The van der Waals surface area contributed by atoms with Crippen molar-refractivity contribution in [1.82, 2.24) is 25.4 Å². The zero-order valence-electron chi connectivity index (χ0n) is 16.0. The largest absolute Gasteiger partial charge is 0.497 e. The van der Waals surface area contributed by atoms with Gasteiger partial charge in [0, 0.05) is 11.6 Å². The van der Waals surface area contributed by atoms with Crippen molar-refractivity contribution >= 4 is 11.8 Å². The predicted octanol–water partition coefficient (Wildman–Crippen LogP) is 3.69. The van der Waals surface area contributed by atoms with E-state index in [0.717, 1.165) is 34.1 Å². The van der Waals surface area contributed by atoms with Crippen molar-refractivity contribution in [1.29, 1.82) is 0 Å². The topological polar surface area (TPSA) is 88.1 Å². The third-order valence-electron chi connectivity index (χ3n) is 4.28. The molecule has 2 aromatic heterocycles. The summed E-state index contributed by atoms with van der Waals surface area (Å²) in [7, 11) is 3.28. The van der Waals surface area contributed by atoms with Gasteiger partial charge >= 0.3 is 0 Å². The summed E-state index contributed by atoms with van der Waals surface area (Å²) >= 11 is 1.49. The summed E-state index contributed by atoms with van der Waals surface area (Å²) in [6.45, 7) is 0.572. The molecule has 0 fully saturated rings. The molecule has 2 aromatic carbocycles. The molecule has 0 aliphatic rings. The molecule has 0 unspecified atom stereocenters. The smallest absolute Gasteiger partial charge is 0.210 e. The van der Waals surface area contributed by atoms with Gasteiger partial charge in [-0.15, -0.1) is 5.10 Å². The van der Waals surface area contributed by atoms with Crippen LogP contribution in [0.25, 0.3) is 11.3 Å². The van der Waals surface area contributed by atoms with Crippen molar-refractivity contribution in [2.24, 2.45) is 0 Å². The molecule has 4 aromatic rings. The molecule has 0 saturated heterocycles. The lowest BCUT2D eigenvalue weighted by molar-refractivity contribution is 0.395. The molecule has 29 heavy (non-hydrogen) atoms. The third kappa shape index (κ3) is 4.40. The van der Waals surface area contributed by atoms with Crippen molar-refractivity contribution in [3.05, 3.63) is 65.9 Å². The predicted molar refractivity (Wildman–Crippen MR) is 108 cm³/mol. The number of methoxy groups -OCH3 is 2. The van der Waals surface area contributed by atoms with Crippen LogP contribution in [0.5, 0.6) is 11.5 Å². The molecule has 0 bridgehead atoms. The fourth-order valence-electron chi connectivity index (χ4n) is 2.80. The van der Waals surface area contributed by atoms with Gasteiger partial charge in [-0.3, -0.25) is 0 Å². The van der Waals surface area contributed by atoms with E-state index in [1.165, 1.54) is 11.8 Å². The summed E-state index contributed by atoms with van der Waals surface area (Å²) in [5.74, 6) is 2.86. The Hall–Kier alpha value is -3.33. The average Bonchev–Trinajstić information content (AvgIpc) is 3.42. The lowest BCUT2D eigenvalue weighted by Crippen LogP contribution is -2.03. The van der Waals surface area contributed by atoms with Gasteiger partial charge in [0.2, 0.25) is 5.16 Å². The van der Waals surface area contributed by atoms with Gasteiger partial charge in [-0.2, -0.15) is 0 Å². The molecule has 0 radical (unpaired) electrons. The minimum Gasteiger partial charge on any atom is -0.497 e. The number of para-hydroxylation sites is 1. The number of thioether (sulfide) groups is 1. The van der Waals surface area contributed by atoms with Crippen LogP contribution in [0.4, 0.5) is 0 Å². The van der Waals surface area contributed by atoms with Gasteiger partial charge in [-0.25, -0.2) is 4.68 Å². The standard InChI is InChI=1S/C20H19N5O3S/c1-26-15-9-7-14(8-10-15)12-25-20(21-23-24-25)29-13-16-11-18(22-28-16)17-5-3-4-6-19(17)27-2/h3-11H,12-13H2,1-2H3. The van der Waals surface area contributed by atoms with Crippen LogP contribution in [0.1, 0.15) is 11.3 Å². The molecule has 0 spiro atoms. The van der Waals surface area contributed by atoms with Crippen LogP contribution in [0.15, 0.2) is 64.3 Å². The molecule has 0 saturated carbocycles. The van der Waals surface area contributed by atoms with Gasteiger partial charge in [0.25, 0.3) is 0 Å². The Morgan fingerprint density at radius 2 is 1.86 bits per heavy atom. The van der Waals surface area contributed by atoms with Crippen LogP contribution in [-0.2, 0) is 12.3 Å². The van der Waals surface area contributed by atoms with Gasteiger partial charge in [-0.1, -0.05) is 41.2 Å². The number of benzene rings is 2. The summed E-state index contributed by atoms with van der Waals surface area (Å²) in [6.07, 6.45) is 0. The van der Waals surface area contributed by atoms with Gasteiger partial charge in [0.15, 0.2) is 0 Å². The zero-order valence-corrected chi connectivity index (χ0v) is 16.8. The summed E-state index contributed by atoms with van der Waals surface area (Å²) in [4.78, 5) is 0. The van der Waals surface area contributed by atoms with E-state index < -0.39 is 0 Å². The van der Waals surface area contributed by atoms with Crippen LogP contribution in [0, 0.1) is 0 Å². The average molecular weight is 409 g/mol. The third-order valence-corrected chi connectivity index (χ3v) is 5.26. The monoisotopic (exact) mass is 409 g/mol. The molecule has 0 aliphatic carbocycles. The van der Waals surface area contributed by atoms with Crippen LogP contribution in [0.2, 0.25) is 0 Å². The van der Waals surface area contributed by atoms with Crippen LogP contribution >= 0.6 is 11.8 Å². The zero-order chi connectivity index (χ0) is 20.1. The Morgan fingerprint density at radius 1 is 1.03 bits per heavy atom. The summed E-state index contributed by atoms with van der Waals surface area (Å²) in [5, 5.41) is 16.9. The highest BCUT2D eigenvalue weighted by molar-refractivity contribution is 7.98. The lowest BCUT2D eigenvalue weighted by Gasteiger charge is -2.05. The van der Waals surface area contributed by atoms with E-state index in [9.17, 15) is 0 Å². The maximum Gasteiger partial charge on any atom is 0.210 e. The normalized spacial score (nSPS) is 10.8. The van der Waals surface area contributed by atoms with Crippen molar-refractivity contribution < 1.29 is 14.0 Å². The minimum atomic E-state index is 0.561. The molecule has 0 amide bonds. The first kappa shape index (κ1) is 19.0. The Morgan fingerprint density at radius 3 is 2.66 bits per heavy atom. The first-order valence-electron chi connectivity index (χ1n) is 8.87. The number of tetrazole rings is 1. The van der Waals surface area contributed by atoms with Crippen LogP contribution in [0.3, 0.4) is 0 Å². The molecule has 0 N–H and O–H groups in total. The van der Waals surface area contributed by atoms with E-state index in [4.69, 9.17) is 14.0 Å². The first-order chi connectivity index (χ1) is 14.3. The highest BCUT2D eigenvalue weighted by atomic mass is 32.2. The second-order valence-electron chi connectivity index (χ2n) is 6.13. The number of hydrogen-bond donors (Lipinski definition) is 0. The van der Waals surface area contributed by atoms with E-state index in [1.807, 2.05) is 54.6 Å². The van der Waals surface area contributed by atoms with Gasteiger partial charge in [0.05, 0.1) is 26.5 Å². The number of hydrogen-bond acceptors (Lipinski definition) is 8. The quantitative estimate of drug-likeness (QED) is 0.407. The molecule has 4 rings (SSSR count). The van der Waals surface area contributed by atoms with E-state index in [-0.39, 0.29) is 0 Å². The van der Waals surface area contributed by atoms with E-state index >= 15 is 0 Å². The van der Waals surface area contributed by atoms with Crippen molar-refractivity contribution in [2.45, 2.75) is 17.5 Å². The summed E-state index contributed by atoms with van der Waals surface area (Å²) < 4.78 is 17.8. The Labute approximate surface area is 171 Å². The molecular formula is C20H19N5O3S. The second kappa shape index (κ2) is 8.78. The molecule has 2 heterocycles. The number of nitrogens with zero attached hydrogens (tertiary/aromatic N) is 5. The van der Waals surface area contributed by atoms with Gasteiger partial charge in [-0.05, 0) is 40.3 Å². The highest BCUT2D eigenvalue weighted by Crippen LogP contribution is 2.30. The summed E-state index contributed by atoms with van der Waals surface area (Å²) in [6, 6.07) is 17.4. The SMILES string of the molecule is COc1ccc(Cn2nnnc2SCc2cc(-c3ccccc3OC)no2)cc1. The molecule has 0 atom stereocenters. The number of ether oxygens (including phenoxy) is 2. The first-order valence-corrected chi connectivity index (χ1v) is 9.86. The summed E-state index contributed by atoms with van der Waals surface area (Å²) in [5.41, 5.74) is 2.70. The van der Waals surface area contributed by atoms with E-state index in [1.54, 1.807) is 18.9 Å². The number of rotatable bonds is 8. The lowest BCUT2D eigenvalue weighted by atomic mass is 10.1. The highest BCUT2D eigenvalue weighted by Gasteiger charge is 2.13. The molecule has 148 valence electrons. The molecular weight excluding hydrogens is 390 g/mol. The van der Waals surface area contributed by atoms with Crippen LogP contribution in [-0.4, -0.2) is 39.6 Å². The Balaban J connectivity index is 1.43. The molecule has 8 nitrogen and oxygen atoms in total. The van der Waals surface area contributed by atoms with E-state index in [0.29, 0.717) is 17.5 Å². The van der Waals surface area contributed by atoms with Gasteiger partial charge in [0.1, 0.15) is 23.0 Å². The maximum atomic E-state index is 5.48. The maximum absolute atomic E-state index is 5.48. The van der Waals surface area contributed by atoms with E-state index in [2.05, 4.69) is 20.7 Å². The minimum absolute atomic E-state index is 0.561. The van der Waals surface area contributed by atoms with Gasteiger partial charge < -0.3 is 14.0 Å². The Kier molecular flexibility index (Phi) is 5.76. The van der Waals surface area contributed by atoms with Crippen LogP contribution < -0.4 is 9.47 Å². The Bertz CT molecular complexity index is 1080. The second-order valence-corrected chi connectivity index (χ2v) is 7.08. The molecule has 9 heteroatoms. The fourth-order valence-corrected chi connectivity index (χ4v) is 3.55. The van der Waals surface area contributed by atoms with Crippen molar-refractivity contribution in [3.63, 3.8) is 0 Å². The van der Waals surface area contributed by atoms with Crippen molar-refractivity contribution in [2.75, 3.05) is 14.2 Å². The van der Waals surface area contributed by atoms with Crippen molar-refractivity contribution in [3.8, 4) is 22.8 Å². The molecule has 0 aliphatic heterocycles. The number of aromatic nitrogens is 5.